The summed E-state index contributed by atoms with van der Waals surface area (Å²) in [5, 5.41) is 4.15. The predicted octanol–water partition coefficient (Wildman–Crippen LogP) is 0.265. The van der Waals surface area contributed by atoms with Crippen molar-refractivity contribution in [2.45, 2.75) is 6.92 Å². The normalized spacial score (nSPS) is 11.3. The SMILES string of the molecule is Cc1nn(-c2cccnc2)cc1C(=O)NS(C)(=O)=O. The van der Waals surface area contributed by atoms with Crippen LogP contribution in [0.5, 0.6) is 0 Å². The van der Waals surface area contributed by atoms with Crippen LogP contribution in [-0.4, -0.2) is 35.3 Å². The Morgan fingerprint density at radius 2 is 2.16 bits per heavy atom. The summed E-state index contributed by atoms with van der Waals surface area (Å²) in [6.07, 6.45) is 5.60. The summed E-state index contributed by atoms with van der Waals surface area (Å²) in [6, 6.07) is 3.51. The van der Waals surface area contributed by atoms with E-state index in [2.05, 4.69) is 10.1 Å². The standard InChI is InChI=1S/C11H12N4O3S/c1-8-10(11(16)14-19(2,17)18)7-15(13-8)9-4-3-5-12-6-9/h3-7H,1-2H3,(H,14,16). The van der Waals surface area contributed by atoms with Crippen LogP contribution in [0.1, 0.15) is 16.1 Å². The first-order valence-corrected chi connectivity index (χ1v) is 7.25. The van der Waals surface area contributed by atoms with Crippen LogP contribution in [0, 0.1) is 6.92 Å². The molecule has 0 unspecified atom stereocenters. The third-order valence-electron chi connectivity index (χ3n) is 2.33. The third-order valence-corrected chi connectivity index (χ3v) is 2.89. The lowest BCUT2D eigenvalue weighted by Gasteiger charge is -2.00. The maximum atomic E-state index is 11.8. The Kier molecular flexibility index (Phi) is 3.34. The monoisotopic (exact) mass is 280 g/mol. The number of carbonyl (C=O) groups is 1. The summed E-state index contributed by atoms with van der Waals surface area (Å²) in [7, 11) is -3.59. The largest absolute Gasteiger partial charge is 0.268 e. The number of rotatable bonds is 3. The van der Waals surface area contributed by atoms with Gasteiger partial charge in [-0.05, 0) is 19.1 Å². The minimum Gasteiger partial charge on any atom is -0.268 e. The molecule has 1 amide bonds. The number of sulfonamides is 1. The van der Waals surface area contributed by atoms with Gasteiger partial charge in [0.05, 0.1) is 29.4 Å². The molecule has 8 heteroatoms. The molecule has 2 rings (SSSR count). The number of aromatic nitrogens is 3. The van der Waals surface area contributed by atoms with Gasteiger partial charge in [-0.25, -0.2) is 17.8 Å². The number of carbonyl (C=O) groups excluding carboxylic acids is 1. The number of nitrogens with zero attached hydrogens (tertiary/aromatic N) is 3. The van der Waals surface area contributed by atoms with Crippen LogP contribution in [0.25, 0.3) is 5.69 Å². The smallest absolute Gasteiger partial charge is 0.268 e. The molecular formula is C11H12N4O3S. The molecule has 100 valence electrons. The summed E-state index contributed by atoms with van der Waals surface area (Å²) >= 11 is 0. The molecular weight excluding hydrogens is 268 g/mol. The van der Waals surface area contributed by atoms with Gasteiger partial charge in [-0.15, -0.1) is 0 Å². The Bertz CT molecular complexity index is 707. The van der Waals surface area contributed by atoms with Gasteiger partial charge in [0.2, 0.25) is 10.0 Å². The van der Waals surface area contributed by atoms with Crippen molar-refractivity contribution >= 4 is 15.9 Å². The lowest BCUT2D eigenvalue weighted by Crippen LogP contribution is -2.29. The van der Waals surface area contributed by atoms with Gasteiger partial charge in [0.1, 0.15) is 0 Å². The Morgan fingerprint density at radius 3 is 2.74 bits per heavy atom. The van der Waals surface area contributed by atoms with E-state index in [9.17, 15) is 13.2 Å². The lowest BCUT2D eigenvalue weighted by molar-refractivity contribution is 0.0981. The lowest BCUT2D eigenvalue weighted by atomic mass is 10.2. The summed E-state index contributed by atoms with van der Waals surface area (Å²) in [6.45, 7) is 1.63. The third kappa shape index (κ3) is 3.16. The van der Waals surface area contributed by atoms with Gasteiger partial charge in [-0.3, -0.25) is 9.78 Å². The number of aryl methyl sites for hydroxylation is 1. The average Bonchev–Trinajstić information content (AvgIpc) is 2.70. The van der Waals surface area contributed by atoms with E-state index in [1.807, 2.05) is 4.72 Å². The van der Waals surface area contributed by atoms with E-state index in [1.165, 1.54) is 10.9 Å². The molecule has 2 aromatic heterocycles. The maximum Gasteiger partial charge on any atom is 0.268 e. The van der Waals surface area contributed by atoms with Crippen LogP contribution in [0.2, 0.25) is 0 Å². The fourth-order valence-electron chi connectivity index (χ4n) is 1.53. The molecule has 7 nitrogen and oxygen atoms in total. The van der Waals surface area contributed by atoms with Crippen LogP contribution in [0.3, 0.4) is 0 Å². The Hall–Kier alpha value is -2.22. The van der Waals surface area contributed by atoms with E-state index >= 15 is 0 Å². The second-order valence-corrected chi connectivity index (χ2v) is 5.74. The van der Waals surface area contributed by atoms with Crippen molar-refractivity contribution in [2.24, 2.45) is 0 Å². The second-order valence-electron chi connectivity index (χ2n) is 3.99. The Balaban J connectivity index is 2.35. The van der Waals surface area contributed by atoms with E-state index in [0.717, 1.165) is 6.26 Å². The molecule has 0 atom stereocenters. The van der Waals surface area contributed by atoms with E-state index in [-0.39, 0.29) is 5.56 Å². The zero-order valence-electron chi connectivity index (χ0n) is 10.4. The Labute approximate surface area is 110 Å². The molecule has 1 N–H and O–H groups in total. The van der Waals surface area contributed by atoms with Gasteiger partial charge < -0.3 is 0 Å². The molecule has 0 fully saturated rings. The van der Waals surface area contributed by atoms with Gasteiger partial charge >= 0.3 is 0 Å². The van der Waals surface area contributed by atoms with Gasteiger partial charge in [0.15, 0.2) is 0 Å². The van der Waals surface area contributed by atoms with E-state index in [0.29, 0.717) is 11.4 Å². The molecule has 0 radical (unpaired) electrons. The Morgan fingerprint density at radius 1 is 1.42 bits per heavy atom. The van der Waals surface area contributed by atoms with Crippen molar-refractivity contribution in [1.29, 1.82) is 0 Å². The maximum absolute atomic E-state index is 11.8. The highest BCUT2D eigenvalue weighted by Crippen LogP contribution is 2.11. The molecule has 0 aliphatic carbocycles. The van der Waals surface area contributed by atoms with Crippen LogP contribution in [0.15, 0.2) is 30.7 Å². The summed E-state index contributed by atoms with van der Waals surface area (Å²) in [5.74, 6) is -0.699. The molecule has 0 aliphatic heterocycles. The van der Waals surface area contributed by atoms with E-state index < -0.39 is 15.9 Å². The highest BCUT2D eigenvalue weighted by molar-refractivity contribution is 7.89. The van der Waals surface area contributed by atoms with Crippen molar-refractivity contribution in [1.82, 2.24) is 19.5 Å². The molecule has 0 spiro atoms. The minimum absolute atomic E-state index is 0.203. The first-order valence-electron chi connectivity index (χ1n) is 5.35. The van der Waals surface area contributed by atoms with E-state index in [4.69, 9.17) is 0 Å². The van der Waals surface area contributed by atoms with Crippen molar-refractivity contribution < 1.29 is 13.2 Å². The number of amides is 1. The van der Waals surface area contributed by atoms with Crippen molar-refractivity contribution in [3.05, 3.63) is 42.0 Å². The fraction of sp³-hybridized carbons (Fsp3) is 0.182. The summed E-state index contributed by atoms with van der Waals surface area (Å²) in [4.78, 5) is 15.7. The average molecular weight is 280 g/mol. The van der Waals surface area contributed by atoms with Crippen LogP contribution >= 0.6 is 0 Å². The van der Waals surface area contributed by atoms with Gasteiger partial charge in [0, 0.05) is 12.4 Å². The molecule has 19 heavy (non-hydrogen) atoms. The number of hydrogen-bond donors (Lipinski definition) is 1. The molecule has 0 saturated heterocycles. The number of hydrogen-bond acceptors (Lipinski definition) is 5. The van der Waals surface area contributed by atoms with Crippen LogP contribution in [0.4, 0.5) is 0 Å². The van der Waals surface area contributed by atoms with Gasteiger partial charge in [-0.1, -0.05) is 0 Å². The topological polar surface area (TPSA) is 93.9 Å². The minimum atomic E-state index is -3.59. The number of pyridine rings is 1. The fourth-order valence-corrected chi connectivity index (χ4v) is 1.97. The summed E-state index contributed by atoms with van der Waals surface area (Å²) in [5.41, 5.74) is 1.32. The molecule has 2 aromatic rings. The van der Waals surface area contributed by atoms with Crippen molar-refractivity contribution in [3.8, 4) is 5.69 Å². The zero-order valence-corrected chi connectivity index (χ0v) is 11.2. The molecule has 0 bridgehead atoms. The molecule has 0 aromatic carbocycles. The van der Waals surface area contributed by atoms with Crippen molar-refractivity contribution in [3.63, 3.8) is 0 Å². The van der Waals surface area contributed by atoms with Gasteiger partial charge in [0.25, 0.3) is 5.91 Å². The number of nitrogens with one attached hydrogen (secondary N) is 1. The van der Waals surface area contributed by atoms with Crippen LogP contribution < -0.4 is 4.72 Å². The molecule has 2 heterocycles. The molecule has 0 saturated carbocycles. The first kappa shape index (κ1) is 13.2. The second kappa shape index (κ2) is 4.81. The summed E-state index contributed by atoms with van der Waals surface area (Å²) < 4.78 is 25.4. The van der Waals surface area contributed by atoms with Crippen molar-refractivity contribution in [2.75, 3.05) is 6.26 Å². The van der Waals surface area contributed by atoms with Gasteiger partial charge in [-0.2, -0.15) is 5.10 Å². The zero-order chi connectivity index (χ0) is 14.0. The van der Waals surface area contributed by atoms with Crippen LogP contribution in [-0.2, 0) is 10.0 Å². The highest BCUT2D eigenvalue weighted by Gasteiger charge is 2.17. The highest BCUT2D eigenvalue weighted by atomic mass is 32.2. The molecule has 0 aliphatic rings. The predicted molar refractivity (Wildman–Crippen MR) is 68.4 cm³/mol. The van der Waals surface area contributed by atoms with E-state index in [1.54, 1.807) is 31.5 Å². The first-order chi connectivity index (χ1) is 8.87. The quantitative estimate of drug-likeness (QED) is 0.870.